The van der Waals surface area contributed by atoms with Gasteiger partial charge in [0.05, 0.1) is 0 Å². The van der Waals surface area contributed by atoms with Crippen LogP contribution < -0.4 is 0 Å². The van der Waals surface area contributed by atoms with Crippen LogP contribution in [-0.2, 0) is 15.3 Å². The van der Waals surface area contributed by atoms with E-state index >= 15 is 0 Å². The first-order valence-corrected chi connectivity index (χ1v) is 7.89. The Hall–Kier alpha value is -1.29. The molecule has 112 valence electrons. The highest BCUT2D eigenvalue weighted by Crippen LogP contribution is 2.18. The van der Waals surface area contributed by atoms with E-state index in [9.17, 15) is 9.59 Å². The normalized spacial score (nSPS) is 11.2. The maximum Gasteiger partial charge on any atom is 0.303 e. The van der Waals surface area contributed by atoms with E-state index in [-0.39, 0.29) is 17.5 Å². The number of rotatable bonds is 6. The second kappa shape index (κ2) is 11.5. The zero-order chi connectivity index (χ0) is 15.4. The van der Waals surface area contributed by atoms with Crippen LogP contribution in [0.3, 0.4) is 0 Å². The summed E-state index contributed by atoms with van der Waals surface area (Å²) in [5.74, 6) is -0.291. The van der Waals surface area contributed by atoms with Crippen LogP contribution in [-0.4, -0.2) is 16.2 Å². The summed E-state index contributed by atoms with van der Waals surface area (Å²) >= 11 is 1.25. The van der Waals surface area contributed by atoms with E-state index in [2.05, 4.69) is 13.8 Å². The number of carbonyl (C=O) groups excluding carboxylic acids is 1. The van der Waals surface area contributed by atoms with Crippen molar-refractivity contribution in [3.8, 4) is 0 Å². The van der Waals surface area contributed by atoms with Crippen LogP contribution in [0.5, 0.6) is 0 Å². The molecule has 1 rings (SSSR count). The molecule has 0 saturated carbocycles. The lowest BCUT2D eigenvalue weighted by atomic mass is 10.1. The zero-order valence-corrected chi connectivity index (χ0v) is 13.3. The van der Waals surface area contributed by atoms with Crippen LogP contribution in [0.2, 0.25) is 0 Å². The second-order valence-corrected chi connectivity index (χ2v) is 5.79. The van der Waals surface area contributed by atoms with Crippen molar-refractivity contribution in [2.75, 3.05) is 0 Å². The third-order valence-electron chi connectivity index (χ3n) is 2.28. The van der Waals surface area contributed by atoms with E-state index in [1.807, 2.05) is 30.3 Å². The molecule has 1 aromatic rings. The SMILES string of the molecule is CCC.C[C@@H](CC(=O)O)CC(=O)SCc1ccccc1. The van der Waals surface area contributed by atoms with Gasteiger partial charge in [0.15, 0.2) is 5.12 Å². The quantitative estimate of drug-likeness (QED) is 0.847. The average Bonchev–Trinajstić information content (AvgIpc) is 2.37. The molecule has 20 heavy (non-hydrogen) atoms. The fraction of sp³-hybridized carbons (Fsp3) is 0.500. The molecule has 0 spiro atoms. The monoisotopic (exact) mass is 296 g/mol. The Kier molecular flexibility index (Phi) is 10.8. The molecule has 3 nitrogen and oxygen atoms in total. The zero-order valence-electron chi connectivity index (χ0n) is 12.5. The Morgan fingerprint density at radius 2 is 1.70 bits per heavy atom. The third kappa shape index (κ3) is 10.6. The van der Waals surface area contributed by atoms with Crippen LogP contribution in [0.15, 0.2) is 30.3 Å². The van der Waals surface area contributed by atoms with Crippen LogP contribution in [0.4, 0.5) is 0 Å². The van der Waals surface area contributed by atoms with Crippen molar-refractivity contribution in [2.24, 2.45) is 5.92 Å². The molecular weight excluding hydrogens is 272 g/mol. The van der Waals surface area contributed by atoms with Gasteiger partial charge < -0.3 is 5.11 Å². The number of carbonyl (C=O) groups is 2. The molecule has 0 unspecified atom stereocenters. The number of aliphatic carboxylic acids is 1. The van der Waals surface area contributed by atoms with E-state index in [1.165, 1.54) is 18.2 Å². The summed E-state index contributed by atoms with van der Waals surface area (Å²) in [6.07, 6.45) is 1.63. The number of carboxylic acid groups (broad SMARTS) is 1. The summed E-state index contributed by atoms with van der Waals surface area (Å²) in [6, 6.07) is 9.76. The molecule has 0 bridgehead atoms. The molecule has 0 aliphatic rings. The summed E-state index contributed by atoms with van der Waals surface area (Å²) < 4.78 is 0. The van der Waals surface area contributed by atoms with Crippen LogP contribution >= 0.6 is 11.8 Å². The van der Waals surface area contributed by atoms with Crippen molar-refractivity contribution in [2.45, 2.75) is 45.8 Å². The predicted octanol–water partition coefficient (Wildman–Crippen LogP) is 4.36. The lowest BCUT2D eigenvalue weighted by Crippen LogP contribution is -2.08. The molecule has 1 aromatic carbocycles. The Morgan fingerprint density at radius 3 is 2.20 bits per heavy atom. The van der Waals surface area contributed by atoms with Gasteiger partial charge >= 0.3 is 5.97 Å². The summed E-state index contributed by atoms with van der Waals surface area (Å²) in [5.41, 5.74) is 1.11. The fourth-order valence-corrected chi connectivity index (χ4v) is 2.37. The van der Waals surface area contributed by atoms with Crippen LogP contribution in [0.1, 0.15) is 45.6 Å². The Morgan fingerprint density at radius 1 is 1.15 bits per heavy atom. The number of carboxylic acids is 1. The van der Waals surface area contributed by atoms with E-state index in [4.69, 9.17) is 5.11 Å². The van der Waals surface area contributed by atoms with Gasteiger partial charge in [-0.25, -0.2) is 0 Å². The van der Waals surface area contributed by atoms with Gasteiger partial charge in [-0.2, -0.15) is 0 Å². The van der Waals surface area contributed by atoms with Gasteiger partial charge in [-0.3, -0.25) is 9.59 Å². The first kappa shape index (κ1) is 18.7. The number of benzene rings is 1. The van der Waals surface area contributed by atoms with E-state index in [0.717, 1.165) is 5.56 Å². The van der Waals surface area contributed by atoms with Gasteiger partial charge in [0.1, 0.15) is 0 Å². The van der Waals surface area contributed by atoms with Gasteiger partial charge in [-0.1, -0.05) is 69.3 Å². The highest BCUT2D eigenvalue weighted by Gasteiger charge is 2.12. The van der Waals surface area contributed by atoms with Crippen molar-refractivity contribution in [1.29, 1.82) is 0 Å². The molecule has 0 heterocycles. The minimum atomic E-state index is -0.849. The van der Waals surface area contributed by atoms with Gasteiger partial charge in [0.2, 0.25) is 0 Å². The summed E-state index contributed by atoms with van der Waals surface area (Å²) in [6.45, 7) is 6.04. The molecule has 0 fully saturated rings. The molecule has 1 N–H and O–H groups in total. The van der Waals surface area contributed by atoms with Crippen LogP contribution in [0.25, 0.3) is 0 Å². The predicted molar refractivity (Wildman–Crippen MR) is 84.7 cm³/mol. The maximum atomic E-state index is 11.6. The summed E-state index contributed by atoms with van der Waals surface area (Å²) in [7, 11) is 0. The van der Waals surface area contributed by atoms with Crippen molar-refractivity contribution in [3.05, 3.63) is 35.9 Å². The molecular formula is C16H24O3S. The Balaban J connectivity index is 0.00000110. The minimum Gasteiger partial charge on any atom is -0.481 e. The van der Waals surface area contributed by atoms with Gasteiger partial charge in [-0.15, -0.1) is 0 Å². The molecule has 0 aliphatic carbocycles. The maximum absolute atomic E-state index is 11.6. The minimum absolute atomic E-state index is 0.0532. The van der Waals surface area contributed by atoms with Gasteiger partial charge in [0, 0.05) is 18.6 Å². The van der Waals surface area contributed by atoms with Crippen molar-refractivity contribution in [3.63, 3.8) is 0 Å². The molecule has 0 amide bonds. The van der Waals surface area contributed by atoms with E-state index in [1.54, 1.807) is 6.92 Å². The van der Waals surface area contributed by atoms with Crippen molar-refractivity contribution < 1.29 is 14.7 Å². The van der Waals surface area contributed by atoms with Crippen LogP contribution in [0, 0.1) is 5.92 Å². The molecule has 0 aromatic heterocycles. The fourth-order valence-electron chi connectivity index (χ4n) is 1.45. The van der Waals surface area contributed by atoms with E-state index < -0.39 is 5.97 Å². The first-order valence-electron chi connectivity index (χ1n) is 6.90. The second-order valence-electron chi connectivity index (χ2n) is 4.76. The highest BCUT2D eigenvalue weighted by atomic mass is 32.2. The molecule has 0 aliphatic heterocycles. The Labute approximate surface area is 125 Å². The number of hydrogen-bond donors (Lipinski definition) is 1. The lowest BCUT2D eigenvalue weighted by molar-refractivity contribution is -0.138. The third-order valence-corrected chi connectivity index (χ3v) is 3.25. The standard InChI is InChI=1S/C13H16O3S.C3H8/c1-10(7-12(14)15)8-13(16)17-9-11-5-3-2-4-6-11;1-3-2/h2-6,10H,7-9H2,1H3,(H,14,15);3H2,1-2H3/t10-;/m0./s1. The first-order chi connectivity index (χ1) is 9.49. The molecule has 0 saturated heterocycles. The molecule has 4 heteroatoms. The Bertz CT molecular complexity index is 390. The summed E-state index contributed by atoms with van der Waals surface area (Å²) in [5, 5.41) is 8.64. The largest absolute Gasteiger partial charge is 0.481 e. The van der Waals surface area contributed by atoms with Crippen molar-refractivity contribution in [1.82, 2.24) is 0 Å². The van der Waals surface area contributed by atoms with Gasteiger partial charge in [-0.05, 0) is 11.5 Å². The smallest absolute Gasteiger partial charge is 0.303 e. The molecule has 1 atom stereocenters. The number of hydrogen-bond acceptors (Lipinski definition) is 3. The number of thioether (sulfide) groups is 1. The molecule has 0 radical (unpaired) electrons. The van der Waals surface area contributed by atoms with Crippen molar-refractivity contribution >= 4 is 22.8 Å². The average molecular weight is 296 g/mol. The summed E-state index contributed by atoms with van der Waals surface area (Å²) in [4.78, 5) is 22.0. The van der Waals surface area contributed by atoms with E-state index in [0.29, 0.717) is 12.2 Å². The lowest BCUT2D eigenvalue weighted by Gasteiger charge is -2.06. The van der Waals surface area contributed by atoms with Gasteiger partial charge in [0.25, 0.3) is 0 Å². The topological polar surface area (TPSA) is 54.4 Å². The highest BCUT2D eigenvalue weighted by molar-refractivity contribution is 8.12.